The van der Waals surface area contributed by atoms with Crippen molar-refractivity contribution in [1.29, 1.82) is 0 Å². The molecular formula is C18H29ClN4O. The van der Waals surface area contributed by atoms with Gasteiger partial charge in [-0.15, -0.1) is 12.4 Å². The van der Waals surface area contributed by atoms with E-state index in [9.17, 15) is 4.79 Å². The summed E-state index contributed by atoms with van der Waals surface area (Å²) in [6.45, 7) is 9.43. The molecule has 1 aromatic carbocycles. The van der Waals surface area contributed by atoms with Crippen LogP contribution in [-0.4, -0.2) is 86.1 Å². The molecule has 134 valence electrons. The number of hydrogen-bond donors (Lipinski definition) is 1. The first-order valence-electron chi connectivity index (χ1n) is 8.78. The van der Waals surface area contributed by atoms with Crippen molar-refractivity contribution in [2.45, 2.75) is 6.42 Å². The van der Waals surface area contributed by atoms with Crippen molar-refractivity contribution in [2.24, 2.45) is 0 Å². The summed E-state index contributed by atoms with van der Waals surface area (Å²) in [6.07, 6.45) is 1.11. The quantitative estimate of drug-likeness (QED) is 0.846. The van der Waals surface area contributed by atoms with Crippen LogP contribution in [0.4, 0.5) is 0 Å². The number of rotatable bonds is 5. The van der Waals surface area contributed by atoms with Crippen LogP contribution in [0.2, 0.25) is 0 Å². The molecule has 0 aromatic heterocycles. The van der Waals surface area contributed by atoms with Crippen LogP contribution in [0.3, 0.4) is 0 Å². The molecule has 3 rings (SSSR count). The van der Waals surface area contributed by atoms with E-state index in [1.807, 2.05) is 4.90 Å². The van der Waals surface area contributed by atoms with E-state index in [4.69, 9.17) is 0 Å². The summed E-state index contributed by atoms with van der Waals surface area (Å²) in [4.78, 5) is 19.1. The second kappa shape index (κ2) is 9.99. The highest BCUT2D eigenvalue weighted by molar-refractivity contribution is 5.85. The van der Waals surface area contributed by atoms with E-state index in [0.29, 0.717) is 12.5 Å². The molecule has 6 heteroatoms. The molecule has 24 heavy (non-hydrogen) atoms. The molecular weight excluding hydrogens is 324 g/mol. The Labute approximate surface area is 151 Å². The fourth-order valence-electron chi connectivity index (χ4n) is 3.31. The van der Waals surface area contributed by atoms with Gasteiger partial charge in [0.15, 0.2) is 0 Å². The number of carbonyl (C=O) groups excluding carboxylic acids is 1. The van der Waals surface area contributed by atoms with E-state index >= 15 is 0 Å². The van der Waals surface area contributed by atoms with Crippen molar-refractivity contribution in [1.82, 2.24) is 20.0 Å². The van der Waals surface area contributed by atoms with E-state index < -0.39 is 0 Å². The van der Waals surface area contributed by atoms with Crippen LogP contribution in [0, 0.1) is 0 Å². The van der Waals surface area contributed by atoms with Crippen LogP contribution in [0.1, 0.15) is 5.56 Å². The van der Waals surface area contributed by atoms with Gasteiger partial charge in [0.05, 0.1) is 6.54 Å². The van der Waals surface area contributed by atoms with Gasteiger partial charge in [0, 0.05) is 58.9 Å². The zero-order chi connectivity index (χ0) is 15.9. The van der Waals surface area contributed by atoms with Crippen molar-refractivity contribution in [2.75, 3.05) is 65.4 Å². The topological polar surface area (TPSA) is 38.8 Å². The Kier molecular flexibility index (Phi) is 7.99. The highest BCUT2D eigenvalue weighted by Crippen LogP contribution is 2.06. The number of carbonyl (C=O) groups is 1. The summed E-state index contributed by atoms with van der Waals surface area (Å²) >= 11 is 0. The standard InChI is InChI=1S/C18H28N4O.ClH/c23-18(22-10-7-19-8-11-22)16-21-14-12-20(13-15-21)9-6-17-4-2-1-3-5-17;/h1-5,19H,6-16H2;1H. The van der Waals surface area contributed by atoms with Crippen LogP contribution in [0.15, 0.2) is 30.3 Å². The molecule has 1 N–H and O–H groups in total. The van der Waals surface area contributed by atoms with Crippen molar-refractivity contribution in [3.63, 3.8) is 0 Å². The van der Waals surface area contributed by atoms with E-state index in [-0.39, 0.29) is 12.4 Å². The first kappa shape index (κ1) is 19.2. The third kappa shape index (κ3) is 5.74. The summed E-state index contributed by atoms with van der Waals surface area (Å²) in [5.74, 6) is 0.296. The summed E-state index contributed by atoms with van der Waals surface area (Å²) in [5.41, 5.74) is 1.41. The molecule has 5 nitrogen and oxygen atoms in total. The monoisotopic (exact) mass is 352 g/mol. The lowest BCUT2D eigenvalue weighted by atomic mass is 10.1. The van der Waals surface area contributed by atoms with Crippen LogP contribution in [0.5, 0.6) is 0 Å². The summed E-state index contributed by atoms with van der Waals surface area (Å²) in [6, 6.07) is 10.7. The van der Waals surface area contributed by atoms with Crippen LogP contribution in [0.25, 0.3) is 0 Å². The number of halogens is 1. The molecule has 2 heterocycles. The van der Waals surface area contributed by atoms with Gasteiger partial charge in [-0.3, -0.25) is 9.69 Å². The average Bonchev–Trinajstić information content (AvgIpc) is 2.63. The normalized spacial score (nSPS) is 19.8. The number of benzene rings is 1. The van der Waals surface area contributed by atoms with Gasteiger partial charge in [-0.2, -0.15) is 0 Å². The molecule has 2 fully saturated rings. The van der Waals surface area contributed by atoms with Crippen LogP contribution < -0.4 is 5.32 Å². The summed E-state index contributed by atoms with van der Waals surface area (Å²) in [7, 11) is 0. The Morgan fingerprint density at radius 1 is 0.917 bits per heavy atom. The molecule has 1 aromatic rings. The molecule has 2 aliphatic heterocycles. The third-order valence-corrected chi connectivity index (χ3v) is 4.85. The van der Waals surface area contributed by atoms with Crippen molar-refractivity contribution in [3.8, 4) is 0 Å². The molecule has 0 bridgehead atoms. The van der Waals surface area contributed by atoms with Gasteiger partial charge in [0.2, 0.25) is 5.91 Å². The fourth-order valence-corrected chi connectivity index (χ4v) is 3.31. The maximum absolute atomic E-state index is 12.3. The summed E-state index contributed by atoms with van der Waals surface area (Å²) in [5, 5.41) is 3.29. The van der Waals surface area contributed by atoms with Gasteiger partial charge in [0.25, 0.3) is 0 Å². The first-order chi connectivity index (χ1) is 11.3. The largest absolute Gasteiger partial charge is 0.339 e. The van der Waals surface area contributed by atoms with E-state index in [2.05, 4.69) is 45.4 Å². The number of piperazine rings is 2. The second-order valence-corrected chi connectivity index (χ2v) is 6.48. The van der Waals surface area contributed by atoms with E-state index in [1.54, 1.807) is 0 Å². The highest BCUT2D eigenvalue weighted by atomic mass is 35.5. The average molecular weight is 353 g/mol. The lowest BCUT2D eigenvalue weighted by Crippen LogP contribution is -2.53. The maximum atomic E-state index is 12.3. The van der Waals surface area contributed by atoms with Gasteiger partial charge < -0.3 is 15.1 Å². The summed E-state index contributed by atoms with van der Waals surface area (Å²) < 4.78 is 0. The lowest BCUT2D eigenvalue weighted by Gasteiger charge is -2.36. The predicted octanol–water partition coefficient (Wildman–Crippen LogP) is 0.700. The van der Waals surface area contributed by atoms with E-state index in [1.165, 1.54) is 5.56 Å². The molecule has 0 aliphatic carbocycles. The maximum Gasteiger partial charge on any atom is 0.236 e. The van der Waals surface area contributed by atoms with Gasteiger partial charge in [-0.05, 0) is 12.0 Å². The second-order valence-electron chi connectivity index (χ2n) is 6.48. The Hall–Kier alpha value is -1.14. The fraction of sp³-hybridized carbons (Fsp3) is 0.611. The molecule has 0 saturated carbocycles. The zero-order valence-corrected chi connectivity index (χ0v) is 15.1. The van der Waals surface area contributed by atoms with Gasteiger partial charge in [-0.25, -0.2) is 0 Å². The molecule has 0 atom stereocenters. The number of nitrogens with one attached hydrogen (secondary N) is 1. The minimum atomic E-state index is 0. The third-order valence-electron chi connectivity index (χ3n) is 4.85. The van der Waals surface area contributed by atoms with Crippen LogP contribution in [-0.2, 0) is 11.2 Å². The molecule has 2 saturated heterocycles. The number of amides is 1. The molecule has 0 unspecified atom stereocenters. The minimum absolute atomic E-state index is 0. The number of nitrogens with zero attached hydrogens (tertiary/aromatic N) is 3. The Morgan fingerprint density at radius 3 is 2.21 bits per heavy atom. The van der Waals surface area contributed by atoms with Gasteiger partial charge >= 0.3 is 0 Å². The first-order valence-corrected chi connectivity index (χ1v) is 8.78. The van der Waals surface area contributed by atoms with Gasteiger partial charge in [0.1, 0.15) is 0 Å². The zero-order valence-electron chi connectivity index (χ0n) is 14.3. The van der Waals surface area contributed by atoms with Crippen molar-refractivity contribution >= 4 is 18.3 Å². The highest BCUT2D eigenvalue weighted by Gasteiger charge is 2.22. The Balaban J connectivity index is 0.00000208. The Morgan fingerprint density at radius 2 is 1.54 bits per heavy atom. The molecule has 2 aliphatic rings. The molecule has 1 amide bonds. The molecule has 0 spiro atoms. The SMILES string of the molecule is Cl.O=C(CN1CCN(CCc2ccccc2)CC1)N1CCNCC1. The van der Waals surface area contributed by atoms with E-state index in [0.717, 1.165) is 65.3 Å². The van der Waals surface area contributed by atoms with Crippen LogP contribution >= 0.6 is 12.4 Å². The Bertz CT molecular complexity index is 485. The van der Waals surface area contributed by atoms with Crippen molar-refractivity contribution < 1.29 is 4.79 Å². The molecule has 0 radical (unpaired) electrons. The predicted molar refractivity (Wildman–Crippen MR) is 99.7 cm³/mol. The lowest BCUT2D eigenvalue weighted by molar-refractivity contribution is -0.133. The minimum Gasteiger partial charge on any atom is -0.339 e. The van der Waals surface area contributed by atoms with Crippen molar-refractivity contribution in [3.05, 3.63) is 35.9 Å². The smallest absolute Gasteiger partial charge is 0.236 e. The number of hydrogen-bond acceptors (Lipinski definition) is 4. The van der Waals surface area contributed by atoms with Gasteiger partial charge in [-0.1, -0.05) is 30.3 Å².